The molecule has 1 atom stereocenters. The molecule has 1 N–H and O–H groups in total. The predicted octanol–water partition coefficient (Wildman–Crippen LogP) is 2.92. The van der Waals surface area contributed by atoms with Crippen LogP contribution in [-0.4, -0.2) is 25.0 Å². The fraction of sp³-hybridized carbons (Fsp3) is 0.562. The standard InChI is InChI=1S/C16H20ClNO2/c17-13-8-11-5-7-20-16(11)12(9-13)10-15(19)14-4-2-1-3-6-18-14/h8-9,14,18H,1-7,10H2. The number of hydrogen-bond acceptors (Lipinski definition) is 3. The molecule has 0 aromatic heterocycles. The van der Waals surface area contributed by atoms with Crippen molar-refractivity contribution in [1.29, 1.82) is 0 Å². The van der Waals surface area contributed by atoms with Gasteiger partial charge in [-0.15, -0.1) is 0 Å². The normalized spacial score (nSPS) is 21.9. The number of nitrogens with one attached hydrogen (secondary N) is 1. The number of carbonyl (C=O) groups excluding carboxylic acids is 1. The summed E-state index contributed by atoms with van der Waals surface area (Å²) >= 11 is 6.14. The molecule has 20 heavy (non-hydrogen) atoms. The van der Waals surface area contributed by atoms with Crippen molar-refractivity contribution >= 4 is 17.4 Å². The van der Waals surface area contributed by atoms with Crippen LogP contribution in [0.4, 0.5) is 0 Å². The van der Waals surface area contributed by atoms with Crippen LogP contribution in [0, 0.1) is 0 Å². The molecule has 0 radical (unpaired) electrons. The maximum atomic E-state index is 12.5. The van der Waals surface area contributed by atoms with Crippen molar-refractivity contribution in [3.05, 3.63) is 28.3 Å². The molecule has 3 nitrogen and oxygen atoms in total. The van der Waals surface area contributed by atoms with E-state index in [4.69, 9.17) is 16.3 Å². The van der Waals surface area contributed by atoms with Crippen molar-refractivity contribution < 1.29 is 9.53 Å². The Morgan fingerprint density at radius 1 is 1.35 bits per heavy atom. The predicted molar refractivity (Wildman–Crippen MR) is 79.6 cm³/mol. The van der Waals surface area contributed by atoms with Crippen LogP contribution in [0.1, 0.15) is 36.8 Å². The van der Waals surface area contributed by atoms with Crippen molar-refractivity contribution in [3.63, 3.8) is 0 Å². The number of rotatable bonds is 3. The van der Waals surface area contributed by atoms with Gasteiger partial charge >= 0.3 is 0 Å². The van der Waals surface area contributed by atoms with Gasteiger partial charge in [0.2, 0.25) is 0 Å². The summed E-state index contributed by atoms with van der Waals surface area (Å²) in [5.41, 5.74) is 2.08. The second-order valence-corrected chi connectivity index (χ2v) is 6.09. The van der Waals surface area contributed by atoms with Crippen LogP contribution in [0.3, 0.4) is 0 Å². The summed E-state index contributed by atoms with van der Waals surface area (Å²) in [4.78, 5) is 12.5. The minimum atomic E-state index is -0.00599. The van der Waals surface area contributed by atoms with Gasteiger partial charge in [-0.05, 0) is 37.1 Å². The molecule has 3 rings (SSSR count). The molecule has 0 spiro atoms. The van der Waals surface area contributed by atoms with E-state index in [1.165, 1.54) is 12.8 Å². The third kappa shape index (κ3) is 2.99. The van der Waals surface area contributed by atoms with Crippen LogP contribution >= 0.6 is 11.6 Å². The van der Waals surface area contributed by atoms with E-state index in [0.29, 0.717) is 18.1 Å². The van der Waals surface area contributed by atoms with Gasteiger partial charge in [0.1, 0.15) is 5.75 Å². The molecule has 0 saturated carbocycles. The zero-order valence-electron chi connectivity index (χ0n) is 11.6. The summed E-state index contributed by atoms with van der Waals surface area (Å²) in [5.74, 6) is 1.14. The highest BCUT2D eigenvalue weighted by Crippen LogP contribution is 2.33. The number of halogens is 1. The molecular weight excluding hydrogens is 274 g/mol. The molecular formula is C16H20ClNO2. The molecule has 108 valence electrons. The topological polar surface area (TPSA) is 38.3 Å². The van der Waals surface area contributed by atoms with Crippen molar-refractivity contribution in [2.45, 2.75) is 44.6 Å². The summed E-state index contributed by atoms with van der Waals surface area (Å²) in [6, 6.07) is 3.82. The zero-order chi connectivity index (χ0) is 13.9. The first-order valence-corrected chi connectivity index (χ1v) is 7.82. The first kappa shape index (κ1) is 13.9. The van der Waals surface area contributed by atoms with Crippen LogP contribution in [0.25, 0.3) is 0 Å². The Morgan fingerprint density at radius 3 is 3.15 bits per heavy atom. The SMILES string of the molecule is O=C(Cc1cc(Cl)cc2c1OCC2)C1CCCCCN1. The lowest BCUT2D eigenvalue weighted by atomic mass is 9.98. The van der Waals surface area contributed by atoms with E-state index in [0.717, 1.165) is 42.7 Å². The fourth-order valence-corrected chi connectivity index (χ4v) is 3.36. The molecule has 1 saturated heterocycles. The van der Waals surface area contributed by atoms with E-state index in [2.05, 4.69) is 5.32 Å². The Kier molecular flexibility index (Phi) is 4.27. The first-order valence-electron chi connectivity index (χ1n) is 7.44. The maximum Gasteiger partial charge on any atom is 0.154 e. The molecule has 1 aromatic carbocycles. The van der Waals surface area contributed by atoms with E-state index >= 15 is 0 Å². The number of fused-ring (bicyclic) bond motifs is 1. The smallest absolute Gasteiger partial charge is 0.154 e. The third-order valence-corrected chi connectivity index (χ3v) is 4.36. The zero-order valence-corrected chi connectivity index (χ0v) is 12.3. The number of carbonyl (C=O) groups is 1. The van der Waals surface area contributed by atoms with Crippen molar-refractivity contribution in [3.8, 4) is 5.75 Å². The van der Waals surface area contributed by atoms with Crippen LogP contribution < -0.4 is 10.1 Å². The molecule has 1 aromatic rings. The van der Waals surface area contributed by atoms with Crippen molar-refractivity contribution in [1.82, 2.24) is 5.32 Å². The quantitative estimate of drug-likeness (QED) is 0.931. The lowest BCUT2D eigenvalue weighted by Gasteiger charge is -2.15. The van der Waals surface area contributed by atoms with E-state index < -0.39 is 0 Å². The Bertz CT molecular complexity index is 507. The molecule has 1 unspecified atom stereocenters. The number of hydrogen-bond donors (Lipinski definition) is 1. The second kappa shape index (κ2) is 6.15. The highest BCUT2D eigenvalue weighted by atomic mass is 35.5. The van der Waals surface area contributed by atoms with Gasteiger partial charge in [0.15, 0.2) is 5.78 Å². The maximum absolute atomic E-state index is 12.5. The van der Waals surface area contributed by atoms with Gasteiger partial charge in [0, 0.05) is 23.4 Å². The molecule has 0 amide bonds. The average Bonchev–Trinajstić information content (AvgIpc) is 2.72. The Balaban J connectivity index is 1.75. The Hall–Kier alpha value is -1.06. The monoisotopic (exact) mass is 293 g/mol. The van der Waals surface area contributed by atoms with Gasteiger partial charge in [-0.25, -0.2) is 0 Å². The van der Waals surface area contributed by atoms with Crippen LogP contribution in [0.5, 0.6) is 5.75 Å². The van der Waals surface area contributed by atoms with Crippen molar-refractivity contribution in [2.24, 2.45) is 0 Å². The van der Waals surface area contributed by atoms with Crippen LogP contribution in [-0.2, 0) is 17.6 Å². The minimum absolute atomic E-state index is 0.00599. The summed E-state index contributed by atoms with van der Waals surface area (Å²) < 4.78 is 5.67. The van der Waals surface area contributed by atoms with E-state index in [1.54, 1.807) is 0 Å². The van der Waals surface area contributed by atoms with Gasteiger partial charge in [-0.2, -0.15) is 0 Å². The number of Topliss-reactive ketones (excluding diaryl/α,β-unsaturated/α-hetero) is 1. The summed E-state index contributed by atoms with van der Waals surface area (Å²) in [5, 5.41) is 4.06. The third-order valence-electron chi connectivity index (χ3n) is 4.14. The lowest BCUT2D eigenvalue weighted by molar-refractivity contribution is -0.120. The van der Waals surface area contributed by atoms with E-state index in [-0.39, 0.29) is 11.8 Å². The second-order valence-electron chi connectivity index (χ2n) is 5.65. The Labute approximate surface area is 124 Å². The number of benzene rings is 1. The van der Waals surface area contributed by atoms with Crippen LogP contribution in [0.2, 0.25) is 5.02 Å². The van der Waals surface area contributed by atoms with Crippen molar-refractivity contribution in [2.75, 3.05) is 13.2 Å². The number of ether oxygens (including phenoxy) is 1. The molecule has 1 fully saturated rings. The number of ketones is 1. The summed E-state index contributed by atoms with van der Waals surface area (Å²) in [7, 11) is 0. The average molecular weight is 294 g/mol. The molecule has 2 aliphatic heterocycles. The molecule has 2 aliphatic rings. The van der Waals surface area contributed by atoms with Gasteiger partial charge < -0.3 is 10.1 Å². The Morgan fingerprint density at radius 2 is 2.25 bits per heavy atom. The highest BCUT2D eigenvalue weighted by molar-refractivity contribution is 6.30. The van der Waals surface area contributed by atoms with E-state index in [1.807, 2.05) is 12.1 Å². The molecule has 0 bridgehead atoms. The fourth-order valence-electron chi connectivity index (χ4n) is 3.09. The lowest BCUT2D eigenvalue weighted by Crippen LogP contribution is -2.37. The minimum Gasteiger partial charge on any atom is -0.493 e. The molecule has 0 aliphatic carbocycles. The van der Waals surface area contributed by atoms with Gasteiger partial charge in [-0.3, -0.25) is 4.79 Å². The van der Waals surface area contributed by atoms with E-state index in [9.17, 15) is 4.79 Å². The molecule has 4 heteroatoms. The van der Waals surface area contributed by atoms with Gasteiger partial charge in [0.05, 0.1) is 12.6 Å². The highest BCUT2D eigenvalue weighted by Gasteiger charge is 2.23. The van der Waals surface area contributed by atoms with Gasteiger partial charge in [0.25, 0.3) is 0 Å². The summed E-state index contributed by atoms with van der Waals surface area (Å²) in [6.07, 6.45) is 5.77. The largest absolute Gasteiger partial charge is 0.493 e. The summed E-state index contributed by atoms with van der Waals surface area (Å²) in [6.45, 7) is 1.64. The first-order chi connectivity index (χ1) is 9.74. The van der Waals surface area contributed by atoms with Gasteiger partial charge in [-0.1, -0.05) is 24.4 Å². The van der Waals surface area contributed by atoms with Crippen LogP contribution in [0.15, 0.2) is 12.1 Å². The molecule has 2 heterocycles.